The van der Waals surface area contributed by atoms with Crippen molar-refractivity contribution in [3.63, 3.8) is 0 Å². The van der Waals surface area contributed by atoms with E-state index in [1.165, 1.54) is 4.90 Å². The number of amides is 2. The van der Waals surface area contributed by atoms with E-state index in [0.717, 1.165) is 31.2 Å². The maximum Gasteiger partial charge on any atom is 0.407 e. The lowest BCUT2D eigenvalue weighted by atomic mass is 9.98. The Morgan fingerprint density at radius 1 is 1.18 bits per heavy atom. The number of fused-ring (bicyclic) bond motifs is 2. The van der Waals surface area contributed by atoms with E-state index in [2.05, 4.69) is 5.32 Å². The average Bonchev–Trinajstić information content (AvgIpc) is 2.85. The third kappa shape index (κ3) is 3.00. The highest BCUT2D eigenvalue weighted by atomic mass is 16.5. The minimum atomic E-state index is -0.892. The molecule has 22 heavy (non-hydrogen) atoms. The smallest absolute Gasteiger partial charge is 0.407 e. The molecule has 0 radical (unpaired) electrons. The largest absolute Gasteiger partial charge is 0.465 e. The first kappa shape index (κ1) is 14.7. The third-order valence-electron chi connectivity index (χ3n) is 4.56. The van der Waals surface area contributed by atoms with E-state index in [9.17, 15) is 14.7 Å². The van der Waals surface area contributed by atoms with Gasteiger partial charge in [0.25, 0.3) is 0 Å². The molecular weight excluding hydrogens is 284 g/mol. The van der Waals surface area contributed by atoms with Gasteiger partial charge in [0.15, 0.2) is 0 Å². The molecule has 1 aromatic rings. The molecule has 6 nitrogen and oxygen atoms in total. The summed E-state index contributed by atoms with van der Waals surface area (Å²) in [6.45, 7) is 0.218. The number of alkyl carbamates (subject to hydrolysis) is 1. The van der Waals surface area contributed by atoms with Gasteiger partial charge in [0.05, 0.1) is 12.1 Å². The Morgan fingerprint density at radius 2 is 1.91 bits per heavy atom. The fourth-order valence-electron chi connectivity index (χ4n) is 3.54. The summed E-state index contributed by atoms with van der Waals surface area (Å²) >= 11 is 0. The van der Waals surface area contributed by atoms with Gasteiger partial charge in [0.1, 0.15) is 6.61 Å². The van der Waals surface area contributed by atoms with Crippen LogP contribution in [-0.2, 0) is 11.3 Å². The number of ether oxygens (including phenoxy) is 1. The molecule has 118 valence electrons. The van der Waals surface area contributed by atoms with Crippen molar-refractivity contribution in [2.24, 2.45) is 0 Å². The lowest BCUT2D eigenvalue weighted by Crippen LogP contribution is -2.56. The molecule has 2 amide bonds. The van der Waals surface area contributed by atoms with Crippen LogP contribution in [0.3, 0.4) is 0 Å². The maximum absolute atomic E-state index is 11.9. The van der Waals surface area contributed by atoms with E-state index in [0.29, 0.717) is 0 Å². The fraction of sp³-hybridized carbons (Fsp3) is 0.500. The van der Waals surface area contributed by atoms with E-state index < -0.39 is 12.2 Å². The standard InChI is InChI=1S/C16H20N2O4/c19-15(22-10-11-4-2-1-3-5-11)17-13-8-6-12-7-9-14(13)18(12)16(20)21/h1-5,12-14H,6-10H2,(H,17,19)(H,20,21)/t12-,13-,14-/m1/s1. The zero-order valence-corrected chi connectivity index (χ0v) is 12.3. The van der Waals surface area contributed by atoms with Crippen LogP contribution in [0, 0.1) is 0 Å². The van der Waals surface area contributed by atoms with Gasteiger partial charge < -0.3 is 20.1 Å². The molecule has 3 rings (SSSR count). The number of carbonyl (C=O) groups excluding carboxylic acids is 1. The van der Waals surface area contributed by atoms with Crippen molar-refractivity contribution in [3.05, 3.63) is 35.9 Å². The fourth-order valence-corrected chi connectivity index (χ4v) is 3.54. The normalized spacial score (nSPS) is 26.5. The van der Waals surface area contributed by atoms with Crippen LogP contribution in [0.5, 0.6) is 0 Å². The van der Waals surface area contributed by atoms with Crippen molar-refractivity contribution >= 4 is 12.2 Å². The lowest BCUT2D eigenvalue weighted by Gasteiger charge is -2.38. The number of carboxylic acid groups (broad SMARTS) is 1. The molecule has 2 bridgehead atoms. The van der Waals surface area contributed by atoms with E-state index >= 15 is 0 Å². The molecule has 2 fully saturated rings. The van der Waals surface area contributed by atoms with Crippen molar-refractivity contribution in [1.29, 1.82) is 0 Å². The molecule has 6 heteroatoms. The summed E-state index contributed by atoms with van der Waals surface area (Å²) < 4.78 is 5.22. The number of hydrogen-bond acceptors (Lipinski definition) is 3. The van der Waals surface area contributed by atoms with E-state index in [1.54, 1.807) is 0 Å². The first-order valence-electron chi connectivity index (χ1n) is 7.63. The quantitative estimate of drug-likeness (QED) is 0.899. The van der Waals surface area contributed by atoms with Gasteiger partial charge in [-0.2, -0.15) is 0 Å². The lowest BCUT2D eigenvalue weighted by molar-refractivity contribution is 0.0803. The van der Waals surface area contributed by atoms with Crippen LogP contribution >= 0.6 is 0 Å². The number of hydrogen-bond donors (Lipinski definition) is 2. The molecule has 2 aliphatic heterocycles. The zero-order valence-electron chi connectivity index (χ0n) is 12.3. The summed E-state index contributed by atoms with van der Waals surface area (Å²) in [6, 6.07) is 9.30. The molecule has 0 spiro atoms. The summed E-state index contributed by atoms with van der Waals surface area (Å²) in [5.74, 6) is 0. The van der Waals surface area contributed by atoms with Crippen molar-refractivity contribution in [3.8, 4) is 0 Å². The van der Waals surface area contributed by atoms with Crippen molar-refractivity contribution in [1.82, 2.24) is 10.2 Å². The van der Waals surface area contributed by atoms with Crippen LogP contribution in [0.25, 0.3) is 0 Å². The molecule has 0 unspecified atom stereocenters. The van der Waals surface area contributed by atoms with Crippen LogP contribution < -0.4 is 5.32 Å². The van der Waals surface area contributed by atoms with Gasteiger partial charge in [-0.3, -0.25) is 0 Å². The highest BCUT2D eigenvalue weighted by Crippen LogP contribution is 2.35. The Kier molecular flexibility index (Phi) is 4.18. The maximum atomic E-state index is 11.9. The van der Waals surface area contributed by atoms with Crippen LogP contribution in [-0.4, -0.2) is 40.3 Å². The molecule has 2 heterocycles. The van der Waals surface area contributed by atoms with Crippen molar-refractivity contribution in [2.75, 3.05) is 0 Å². The highest BCUT2D eigenvalue weighted by molar-refractivity contribution is 5.69. The average molecular weight is 304 g/mol. The zero-order chi connectivity index (χ0) is 15.5. The molecule has 3 atom stereocenters. The van der Waals surface area contributed by atoms with Gasteiger partial charge in [-0.05, 0) is 31.2 Å². The van der Waals surface area contributed by atoms with Crippen molar-refractivity contribution in [2.45, 2.75) is 50.4 Å². The molecular formula is C16H20N2O4. The second kappa shape index (κ2) is 6.25. The highest BCUT2D eigenvalue weighted by Gasteiger charge is 2.45. The monoisotopic (exact) mass is 304 g/mol. The minimum absolute atomic E-state index is 0.112. The number of piperidine rings is 1. The SMILES string of the molecule is O=C(N[C@@H]1CC[C@@H]2CC[C@H]1N2C(=O)O)OCc1ccccc1. The van der Waals surface area contributed by atoms with E-state index in [4.69, 9.17) is 4.74 Å². The van der Waals surface area contributed by atoms with Crippen LogP contribution in [0.15, 0.2) is 30.3 Å². The summed E-state index contributed by atoms with van der Waals surface area (Å²) in [7, 11) is 0. The van der Waals surface area contributed by atoms with Gasteiger partial charge in [0, 0.05) is 6.04 Å². The van der Waals surface area contributed by atoms with E-state index in [1.807, 2.05) is 30.3 Å². The topological polar surface area (TPSA) is 78.9 Å². The summed E-state index contributed by atoms with van der Waals surface area (Å²) in [5, 5.41) is 12.1. The van der Waals surface area contributed by atoms with Crippen LogP contribution in [0.1, 0.15) is 31.2 Å². The first-order valence-corrected chi connectivity index (χ1v) is 7.63. The number of rotatable bonds is 3. The number of benzene rings is 1. The third-order valence-corrected chi connectivity index (χ3v) is 4.56. The molecule has 0 aliphatic carbocycles. The predicted octanol–water partition coefficient (Wildman–Crippen LogP) is 2.59. The van der Waals surface area contributed by atoms with Gasteiger partial charge in [0.2, 0.25) is 0 Å². The second-order valence-corrected chi connectivity index (χ2v) is 5.88. The van der Waals surface area contributed by atoms with Crippen LogP contribution in [0.4, 0.5) is 9.59 Å². The molecule has 2 N–H and O–H groups in total. The Hall–Kier alpha value is -2.24. The molecule has 0 aromatic heterocycles. The van der Waals surface area contributed by atoms with Gasteiger partial charge in [-0.1, -0.05) is 30.3 Å². The molecule has 0 saturated carbocycles. The second-order valence-electron chi connectivity index (χ2n) is 5.88. The summed E-state index contributed by atoms with van der Waals surface area (Å²) in [5.41, 5.74) is 0.925. The number of nitrogens with zero attached hydrogens (tertiary/aromatic N) is 1. The number of nitrogens with one attached hydrogen (secondary N) is 1. The first-order chi connectivity index (χ1) is 10.6. The van der Waals surface area contributed by atoms with Gasteiger partial charge in [-0.15, -0.1) is 0 Å². The minimum Gasteiger partial charge on any atom is -0.465 e. The van der Waals surface area contributed by atoms with Crippen molar-refractivity contribution < 1.29 is 19.4 Å². The summed E-state index contributed by atoms with van der Waals surface area (Å²) in [6.07, 6.45) is 1.92. The van der Waals surface area contributed by atoms with Gasteiger partial charge in [-0.25, -0.2) is 9.59 Å². The predicted molar refractivity (Wildman–Crippen MR) is 79.5 cm³/mol. The molecule has 2 aliphatic rings. The Bertz CT molecular complexity index is 548. The Balaban J connectivity index is 1.54. The molecule has 1 aromatic carbocycles. The number of carbonyl (C=O) groups is 2. The Morgan fingerprint density at radius 3 is 2.64 bits per heavy atom. The van der Waals surface area contributed by atoms with Gasteiger partial charge >= 0.3 is 12.2 Å². The van der Waals surface area contributed by atoms with E-state index in [-0.39, 0.29) is 24.7 Å². The Labute approximate surface area is 129 Å². The van der Waals surface area contributed by atoms with Crippen LogP contribution in [0.2, 0.25) is 0 Å². The summed E-state index contributed by atoms with van der Waals surface area (Å²) in [4.78, 5) is 24.8. The molecule has 2 saturated heterocycles.